The normalized spacial score (nSPS) is 11.2. The summed E-state index contributed by atoms with van der Waals surface area (Å²) in [6, 6.07) is 10.5. The Bertz CT molecular complexity index is 837. The summed E-state index contributed by atoms with van der Waals surface area (Å²) >= 11 is 0. The van der Waals surface area contributed by atoms with Crippen LogP contribution in [0.15, 0.2) is 48.5 Å². The molecule has 0 spiro atoms. The van der Waals surface area contributed by atoms with Crippen molar-refractivity contribution in [2.45, 2.75) is 6.18 Å². The van der Waals surface area contributed by atoms with Gasteiger partial charge in [0.15, 0.2) is 6.61 Å². The first-order valence-electron chi connectivity index (χ1n) is 8.78. The van der Waals surface area contributed by atoms with Gasteiger partial charge in [-0.05, 0) is 56.6 Å². The van der Waals surface area contributed by atoms with Crippen LogP contribution in [0.4, 0.5) is 18.9 Å². The lowest BCUT2D eigenvalue weighted by molar-refractivity contribution is -0.137. The van der Waals surface area contributed by atoms with Crippen molar-refractivity contribution in [3.8, 4) is 5.75 Å². The lowest BCUT2D eigenvalue weighted by Gasteiger charge is -2.11. The second-order valence-corrected chi connectivity index (χ2v) is 6.50. The minimum atomic E-state index is -4.49. The minimum absolute atomic E-state index is 0.0261. The fraction of sp³-hybridized carbons (Fsp3) is 0.300. The lowest BCUT2D eigenvalue weighted by Crippen LogP contribution is -2.31. The van der Waals surface area contributed by atoms with Crippen LogP contribution in [0.25, 0.3) is 0 Å². The van der Waals surface area contributed by atoms with E-state index in [0.717, 1.165) is 12.1 Å². The Kier molecular flexibility index (Phi) is 7.60. The van der Waals surface area contributed by atoms with Crippen molar-refractivity contribution in [1.82, 2.24) is 10.2 Å². The molecule has 2 aromatic rings. The van der Waals surface area contributed by atoms with Crippen LogP contribution in [0, 0.1) is 0 Å². The number of likely N-dealkylation sites (N-methyl/N-ethyl adjacent to an activating group) is 1. The van der Waals surface area contributed by atoms with E-state index in [0.29, 0.717) is 24.4 Å². The summed E-state index contributed by atoms with van der Waals surface area (Å²) in [5, 5.41) is 5.13. The predicted octanol–water partition coefficient (Wildman–Crippen LogP) is 3.01. The number of hydrogen-bond acceptors (Lipinski definition) is 4. The van der Waals surface area contributed by atoms with Gasteiger partial charge in [0.05, 0.1) is 5.56 Å². The molecule has 0 aliphatic heterocycles. The largest absolute Gasteiger partial charge is 0.484 e. The molecule has 0 unspecified atom stereocenters. The van der Waals surface area contributed by atoms with Crippen molar-refractivity contribution in [1.29, 1.82) is 0 Å². The quantitative estimate of drug-likeness (QED) is 0.703. The van der Waals surface area contributed by atoms with Crippen molar-refractivity contribution in [3.05, 3.63) is 59.7 Å². The highest BCUT2D eigenvalue weighted by atomic mass is 19.4. The molecule has 2 rings (SSSR count). The predicted molar refractivity (Wildman–Crippen MR) is 103 cm³/mol. The molecule has 9 heteroatoms. The Morgan fingerprint density at radius 2 is 1.76 bits per heavy atom. The van der Waals surface area contributed by atoms with E-state index < -0.39 is 17.6 Å². The standard InChI is InChI=1S/C20H22F3N3O3/c1-26(2)11-10-24-19(28)14-6-8-17(9-7-14)29-13-18(27)25-16-5-3-4-15(12-16)20(21,22)23/h3-9,12H,10-11,13H2,1-2H3,(H,24,28)(H,25,27). The SMILES string of the molecule is CN(C)CCNC(=O)c1ccc(OCC(=O)Nc2cccc(C(F)(F)F)c2)cc1. The van der Waals surface area contributed by atoms with Crippen molar-refractivity contribution in [2.24, 2.45) is 0 Å². The van der Waals surface area contributed by atoms with Gasteiger partial charge in [0.2, 0.25) is 0 Å². The molecule has 0 aliphatic carbocycles. The van der Waals surface area contributed by atoms with Gasteiger partial charge in [0.25, 0.3) is 11.8 Å². The number of benzene rings is 2. The summed E-state index contributed by atoms with van der Waals surface area (Å²) in [5.41, 5.74) is -0.377. The fourth-order valence-corrected chi connectivity index (χ4v) is 2.32. The number of nitrogens with zero attached hydrogens (tertiary/aromatic N) is 1. The maximum absolute atomic E-state index is 12.7. The van der Waals surface area contributed by atoms with Crippen LogP contribution >= 0.6 is 0 Å². The summed E-state index contributed by atoms with van der Waals surface area (Å²) < 4.78 is 43.4. The van der Waals surface area contributed by atoms with Crippen LogP contribution in [0.5, 0.6) is 5.75 Å². The molecule has 2 N–H and O–H groups in total. The monoisotopic (exact) mass is 409 g/mol. The summed E-state index contributed by atoms with van der Waals surface area (Å²) in [5.74, 6) is -0.468. The number of rotatable bonds is 8. The van der Waals surface area contributed by atoms with Crippen LogP contribution < -0.4 is 15.4 Å². The van der Waals surface area contributed by atoms with Gasteiger partial charge < -0.3 is 20.3 Å². The van der Waals surface area contributed by atoms with Crippen molar-refractivity contribution < 1.29 is 27.5 Å². The zero-order chi connectivity index (χ0) is 21.4. The highest BCUT2D eigenvalue weighted by molar-refractivity contribution is 5.94. The number of nitrogens with one attached hydrogen (secondary N) is 2. The topological polar surface area (TPSA) is 70.7 Å². The van der Waals surface area contributed by atoms with E-state index >= 15 is 0 Å². The number of anilines is 1. The average Bonchev–Trinajstić information content (AvgIpc) is 2.66. The zero-order valence-corrected chi connectivity index (χ0v) is 16.0. The van der Waals surface area contributed by atoms with Crippen LogP contribution in [0.1, 0.15) is 15.9 Å². The molecule has 0 aliphatic rings. The molecule has 0 heterocycles. The third-order valence-corrected chi connectivity index (χ3v) is 3.80. The molecule has 0 saturated heterocycles. The third kappa shape index (κ3) is 7.46. The van der Waals surface area contributed by atoms with Gasteiger partial charge in [0.1, 0.15) is 5.75 Å². The summed E-state index contributed by atoms with van der Waals surface area (Å²) in [6.45, 7) is 0.846. The molecule has 6 nitrogen and oxygen atoms in total. The zero-order valence-electron chi connectivity index (χ0n) is 16.0. The van der Waals surface area contributed by atoms with Crippen LogP contribution in [0.2, 0.25) is 0 Å². The van der Waals surface area contributed by atoms with Gasteiger partial charge in [0, 0.05) is 24.3 Å². The van der Waals surface area contributed by atoms with Gasteiger partial charge in [-0.15, -0.1) is 0 Å². The number of alkyl halides is 3. The molecule has 0 atom stereocenters. The van der Waals surface area contributed by atoms with E-state index in [1.54, 1.807) is 24.3 Å². The Hall–Kier alpha value is -3.07. The fourth-order valence-electron chi connectivity index (χ4n) is 2.32. The second kappa shape index (κ2) is 9.92. The Morgan fingerprint density at radius 1 is 1.07 bits per heavy atom. The molecule has 0 fully saturated rings. The van der Waals surface area contributed by atoms with Crippen molar-refractivity contribution >= 4 is 17.5 Å². The smallest absolute Gasteiger partial charge is 0.416 e. The van der Waals surface area contributed by atoms with Gasteiger partial charge in [-0.25, -0.2) is 0 Å². The maximum Gasteiger partial charge on any atom is 0.416 e. The molecular formula is C20H22F3N3O3. The first-order chi connectivity index (χ1) is 13.6. The molecule has 0 radical (unpaired) electrons. The number of carbonyl (C=O) groups excluding carboxylic acids is 2. The molecule has 0 aromatic heterocycles. The summed E-state index contributed by atoms with van der Waals surface area (Å²) in [4.78, 5) is 25.8. The summed E-state index contributed by atoms with van der Waals surface area (Å²) in [7, 11) is 3.81. The van der Waals surface area contributed by atoms with Crippen LogP contribution in [-0.4, -0.2) is 50.5 Å². The summed E-state index contributed by atoms with van der Waals surface area (Å²) in [6.07, 6.45) is -4.49. The number of amides is 2. The number of hydrogen-bond donors (Lipinski definition) is 2. The maximum atomic E-state index is 12.7. The van der Waals surface area contributed by atoms with Gasteiger partial charge in [-0.3, -0.25) is 9.59 Å². The number of ether oxygens (including phenoxy) is 1. The third-order valence-electron chi connectivity index (χ3n) is 3.80. The van der Waals surface area contributed by atoms with Gasteiger partial charge in [-0.1, -0.05) is 6.07 Å². The highest BCUT2D eigenvalue weighted by Gasteiger charge is 2.30. The average molecular weight is 409 g/mol. The highest BCUT2D eigenvalue weighted by Crippen LogP contribution is 2.30. The van der Waals surface area contributed by atoms with Crippen molar-refractivity contribution in [2.75, 3.05) is 39.1 Å². The number of carbonyl (C=O) groups is 2. The molecule has 2 aromatic carbocycles. The minimum Gasteiger partial charge on any atom is -0.484 e. The Balaban J connectivity index is 1.84. The van der Waals surface area contributed by atoms with Gasteiger partial charge in [-0.2, -0.15) is 13.2 Å². The Morgan fingerprint density at radius 3 is 2.38 bits per heavy atom. The van der Waals surface area contributed by atoms with Gasteiger partial charge >= 0.3 is 6.18 Å². The molecule has 156 valence electrons. The molecule has 0 saturated carbocycles. The first kappa shape index (κ1) is 22.2. The molecule has 0 bridgehead atoms. The molecular weight excluding hydrogens is 387 g/mol. The van der Waals surface area contributed by atoms with E-state index in [1.165, 1.54) is 12.1 Å². The van der Waals surface area contributed by atoms with Crippen molar-refractivity contribution in [3.63, 3.8) is 0 Å². The van der Waals surface area contributed by atoms with E-state index in [4.69, 9.17) is 4.74 Å². The van der Waals surface area contributed by atoms with E-state index in [-0.39, 0.29) is 18.2 Å². The van der Waals surface area contributed by atoms with E-state index in [9.17, 15) is 22.8 Å². The second-order valence-electron chi connectivity index (χ2n) is 6.50. The van der Waals surface area contributed by atoms with E-state index in [2.05, 4.69) is 10.6 Å². The Labute approximate surface area is 166 Å². The lowest BCUT2D eigenvalue weighted by atomic mass is 10.2. The van der Waals surface area contributed by atoms with Crippen LogP contribution in [-0.2, 0) is 11.0 Å². The number of halogens is 3. The molecule has 2 amide bonds. The van der Waals surface area contributed by atoms with E-state index in [1.807, 2.05) is 19.0 Å². The first-order valence-corrected chi connectivity index (χ1v) is 8.78. The van der Waals surface area contributed by atoms with Crippen LogP contribution in [0.3, 0.4) is 0 Å². The molecule has 29 heavy (non-hydrogen) atoms.